The summed E-state index contributed by atoms with van der Waals surface area (Å²) in [5.41, 5.74) is 0. The first kappa shape index (κ1) is 13.1. The molecule has 94 valence electrons. The fraction of sp³-hybridized carbons (Fsp3) is 0.455. The van der Waals surface area contributed by atoms with E-state index in [1.807, 2.05) is 0 Å². The number of carboxylic acids is 1. The zero-order valence-electron chi connectivity index (χ0n) is 9.67. The molecule has 0 aromatic carbocycles. The first-order valence-electron chi connectivity index (χ1n) is 5.19. The molecule has 6 nitrogen and oxygen atoms in total. The second kappa shape index (κ2) is 5.93. The van der Waals surface area contributed by atoms with Gasteiger partial charge in [-0.05, 0) is 18.1 Å². The lowest BCUT2D eigenvalue weighted by Crippen LogP contribution is -2.44. The van der Waals surface area contributed by atoms with Gasteiger partial charge in [0, 0.05) is 0 Å². The van der Waals surface area contributed by atoms with Gasteiger partial charge in [-0.15, -0.1) is 0 Å². The first-order chi connectivity index (χ1) is 8.00. The third kappa shape index (κ3) is 4.18. The Kier molecular flexibility index (Phi) is 4.56. The quantitative estimate of drug-likeness (QED) is 0.817. The summed E-state index contributed by atoms with van der Waals surface area (Å²) in [6.45, 7) is 3.38. The van der Waals surface area contributed by atoms with E-state index in [1.165, 1.54) is 6.26 Å². The largest absolute Gasteiger partial charge is 0.480 e. The number of carbonyl (C=O) groups is 2. The van der Waals surface area contributed by atoms with Crippen molar-refractivity contribution in [2.24, 2.45) is 5.92 Å². The van der Waals surface area contributed by atoms with Crippen molar-refractivity contribution in [3.63, 3.8) is 0 Å². The number of rotatable bonds is 5. The lowest BCUT2D eigenvalue weighted by Gasteiger charge is -2.17. The molecule has 0 bridgehead atoms. The number of alkyl carbamates (subject to hydrolysis) is 1. The van der Waals surface area contributed by atoms with Gasteiger partial charge >= 0.3 is 12.1 Å². The van der Waals surface area contributed by atoms with Crippen LogP contribution in [-0.2, 0) is 16.1 Å². The third-order valence-electron chi connectivity index (χ3n) is 2.13. The molecule has 0 saturated heterocycles. The summed E-state index contributed by atoms with van der Waals surface area (Å²) in [6.07, 6.45) is 0.688. The van der Waals surface area contributed by atoms with Crippen LogP contribution in [0.5, 0.6) is 0 Å². The van der Waals surface area contributed by atoms with E-state index in [4.69, 9.17) is 14.3 Å². The van der Waals surface area contributed by atoms with E-state index in [2.05, 4.69) is 5.32 Å². The normalized spacial score (nSPS) is 12.2. The lowest BCUT2D eigenvalue weighted by atomic mass is 10.1. The Morgan fingerprint density at radius 2 is 2.24 bits per heavy atom. The van der Waals surface area contributed by atoms with Crippen molar-refractivity contribution in [3.8, 4) is 0 Å². The van der Waals surface area contributed by atoms with Crippen LogP contribution in [0.4, 0.5) is 4.79 Å². The molecule has 1 heterocycles. The summed E-state index contributed by atoms with van der Waals surface area (Å²) in [6, 6.07) is 2.37. The summed E-state index contributed by atoms with van der Waals surface area (Å²) in [7, 11) is 0. The number of carboxylic acid groups (broad SMARTS) is 1. The predicted molar refractivity (Wildman–Crippen MR) is 58.3 cm³/mol. The van der Waals surface area contributed by atoms with Gasteiger partial charge in [-0.1, -0.05) is 13.8 Å². The van der Waals surface area contributed by atoms with Crippen LogP contribution in [0.25, 0.3) is 0 Å². The van der Waals surface area contributed by atoms with Gasteiger partial charge in [0.05, 0.1) is 6.26 Å². The van der Waals surface area contributed by atoms with Gasteiger partial charge in [-0.25, -0.2) is 9.59 Å². The molecule has 0 aliphatic carbocycles. The number of ether oxygens (including phenoxy) is 1. The van der Waals surface area contributed by atoms with E-state index in [-0.39, 0.29) is 12.5 Å². The molecule has 1 atom stereocenters. The molecule has 6 heteroatoms. The Bertz CT molecular complexity index is 371. The highest BCUT2D eigenvalue weighted by molar-refractivity contribution is 5.80. The van der Waals surface area contributed by atoms with Gasteiger partial charge < -0.3 is 19.6 Å². The van der Waals surface area contributed by atoms with Crippen molar-refractivity contribution in [2.75, 3.05) is 0 Å². The smallest absolute Gasteiger partial charge is 0.408 e. The molecule has 2 N–H and O–H groups in total. The Morgan fingerprint density at radius 1 is 1.53 bits per heavy atom. The minimum Gasteiger partial charge on any atom is -0.480 e. The molecule has 1 aromatic rings. The maximum Gasteiger partial charge on any atom is 0.408 e. The van der Waals surface area contributed by atoms with Crippen molar-refractivity contribution >= 4 is 12.1 Å². The average molecular weight is 241 g/mol. The molecule has 1 aromatic heterocycles. The second-order valence-corrected chi connectivity index (χ2v) is 3.86. The molecule has 1 rings (SSSR count). The molecule has 0 saturated carbocycles. The fourth-order valence-electron chi connectivity index (χ4n) is 1.21. The highest BCUT2D eigenvalue weighted by Gasteiger charge is 2.24. The van der Waals surface area contributed by atoms with Gasteiger partial charge in [0.1, 0.15) is 11.8 Å². The van der Waals surface area contributed by atoms with Crippen molar-refractivity contribution in [1.29, 1.82) is 0 Å². The highest BCUT2D eigenvalue weighted by atomic mass is 16.6. The Hall–Kier alpha value is -1.98. The number of hydrogen-bond acceptors (Lipinski definition) is 4. The van der Waals surface area contributed by atoms with E-state index in [1.54, 1.807) is 26.0 Å². The van der Waals surface area contributed by atoms with Crippen LogP contribution >= 0.6 is 0 Å². The van der Waals surface area contributed by atoms with E-state index in [0.29, 0.717) is 5.76 Å². The first-order valence-corrected chi connectivity index (χ1v) is 5.19. The summed E-state index contributed by atoms with van der Waals surface area (Å²) in [5, 5.41) is 11.1. The van der Waals surface area contributed by atoms with E-state index in [9.17, 15) is 9.59 Å². The van der Waals surface area contributed by atoms with Gasteiger partial charge in [-0.3, -0.25) is 0 Å². The summed E-state index contributed by atoms with van der Waals surface area (Å²) in [4.78, 5) is 22.1. The fourth-order valence-corrected chi connectivity index (χ4v) is 1.21. The predicted octanol–water partition coefficient (Wildman–Crippen LogP) is 1.61. The maximum absolute atomic E-state index is 11.3. The Morgan fingerprint density at radius 3 is 2.71 bits per heavy atom. The molecule has 17 heavy (non-hydrogen) atoms. The summed E-state index contributed by atoms with van der Waals surface area (Å²) >= 11 is 0. The van der Waals surface area contributed by atoms with Crippen LogP contribution in [0.3, 0.4) is 0 Å². The number of amides is 1. The van der Waals surface area contributed by atoms with Crippen LogP contribution in [0, 0.1) is 5.92 Å². The minimum absolute atomic E-state index is 0.0245. The lowest BCUT2D eigenvalue weighted by molar-refractivity contribution is -0.140. The molecule has 1 unspecified atom stereocenters. The van der Waals surface area contributed by atoms with E-state index in [0.717, 1.165) is 0 Å². The number of carbonyl (C=O) groups excluding carboxylic acids is 1. The SMILES string of the molecule is CC(C)C(NC(=O)OCc1ccco1)C(=O)O. The van der Waals surface area contributed by atoms with Crippen LogP contribution < -0.4 is 5.32 Å². The number of furan rings is 1. The number of nitrogens with one attached hydrogen (secondary N) is 1. The molecule has 1 amide bonds. The second-order valence-electron chi connectivity index (χ2n) is 3.86. The van der Waals surface area contributed by atoms with Crippen molar-refractivity contribution in [2.45, 2.75) is 26.5 Å². The number of hydrogen-bond donors (Lipinski definition) is 2. The number of aliphatic carboxylic acids is 1. The molecule has 0 fully saturated rings. The van der Waals surface area contributed by atoms with Crippen LogP contribution in [0.1, 0.15) is 19.6 Å². The van der Waals surface area contributed by atoms with Gasteiger partial charge in [-0.2, -0.15) is 0 Å². The average Bonchev–Trinajstić information content (AvgIpc) is 2.74. The topological polar surface area (TPSA) is 88.8 Å². The van der Waals surface area contributed by atoms with Crippen molar-refractivity contribution in [1.82, 2.24) is 5.32 Å². The van der Waals surface area contributed by atoms with Crippen molar-refractivity contribution < 1.29 is 23.8 Å². The summed E-state index contributed by atoms with van der Waals surface area (Å²) < 4.78 is 9.77. The van der Waals surface area contributed by atoms with E-state index < -0.39 is 18.1 Å². The zero-order chi connectivity index (χ0) is 12.8. The van der Waals surface area contributed by atoms with Crippen molar-refractivity contribution in [3.05, 3.63) is 24.2 Å². The molecule has 0 radical (unpaired) electrons. The molecular formula is C11H15NO5. The third-order valence-corrected chi connectivity index (χ3v) is 2.13. The summed E-state index contributed by atoms with van der Waals surface area (Å²) in [5.74, 6) is -0.810. The molecule has 0 aliphatic heterocycles. The maximum atomic E-state index is 11.3. The monoisotopic (exact) mass is 241 g/mol. The van der Waals surface area contributed by atoms with E-state index >= 15 is 0 Å². The molecular weight excluding hydrogens is 226 g/mol. The zero-order valence-corrected chi connectivity index (χ0v) is 9.67. The molecule has 0 spiro atoms. The Balaban J connectivity index is 2.40. The minimum atomic E-state index is -1.09. The Labute approximate surface area is 98.6 Å². The van der Waals surface area contributed by atoms with Gasteiger partial charge in [0.15, 0.2) is 6.61 Å². The van der Waals surface area contributed by atoms with Crippen LogP contribution in [-0.4, -0.2) is 23.2 Å². The highest BCUT2D eigenvalue weighted by Crippen LogP contribution is 2.04. The molecule has 0 aliphatic rings. The van der Waals surface area contributed by atoms with Crippen LogP contribution in [0.2, 0.25) is 0 Å². The van der Waals surface area contributed by atoms with Gasteiger partial charge in [0.2, 0.25) is 0 Å². The van der Waals surface area contributed by atoms with Crippen LogP contribution in [0.15, 0.2) is 22.8 Å². The van der Waals surface area contributed by atoms with Gasteiger partial charge in [0.25, 0.3) is 0 Å². The standard InChI is InChI=1S/C11H15NO5/c1-7(2)9(10(13)14)12-11(15)17-6-8-4-3-5-16-8/h3-5,7,9H,6H2,1-2H3,(H,12,15)(H,13,14).